The van der Waals surface area contributed by atoms with Crippen molar-refractivity contribution in [1.29, 1.82) is 0 Å². The minimum Gasteiger partial charge on any atom is -0.493 e. The van der Waals surface area contributed by atoms with Crippen molar-refractivity contribution in [3.8, 4) is 5.75 Å². The summed E-state index contributed by atoms with van der Waals surface area (Å²) in [7, 11) is 4.13. The van der Waals surface area contributed by atoms with Gasteiger partial charge in [0, 0.05) is 18.3 Å². The highest BCUT2D eigenvalue weighted by atomic mass is 16.5. The Morgan fingerprint density at radius 2 is 2.06 bits per heavy atom. The third-order valence-electron chi connectivity index (χ3n) is 2.52. The summed E-state index contributed by atoms with van der Waals surface area (Å²) < 4.78 is 5.63. The average Bonchev–Trinajstić information content (AvgIpc) is 2.24. The van der Waals surface area contributed by atoms with E-state index in [-0.39, 0.29) is 0 Å². The first-order chi connectivity index (χ1) is 7.63. The predicted octanol–water partition coefficient (Wildman–Crippen LogP) is 2.16. The minimum atomic E-state index is 0.739. The summed E-state index contributed by atoms with van der Waals surface area (Å²) in [4.78, 5) is 2.15. The molecule has 0 unspecified atom stereocenters. The van der Waals surface area contributed by atoms with E-state index in [1.54, 1.807) is 0 Å². The van der Waals surface area contributed by atoms with Crippen LogP contribution in [0.2, 0.25) is 0 Å². The number of nitrogens with two attached hydrogens (primary N) is 1. The van der Waals surface area contributed by atoms with Crippen LogP contribution in [0.25, 0.3) is 0 Å². The van der Waals surface area contributed by atoms with E-state index in [0.29, 0.717) is 0 Å². The van der Waals surface area contributed by atoms with Gasteiger partial charge in [0.2, 0.25) is 0 Å². The number of hydrogen-bond donors (Lipinski definition) is 1. The maximum atomic E-state index is 5.90. The van der Waals surface area contributed by atoms with Gasteiger partial charge in [0.25, 0.3) is 0 Å². The van der Waals surface area contributed by atoms with E-state index in [2.05, 4.69) is 25.9 Å². The maximum Gasteiger partial charge on any atom is 0.121 e. The van der Waals surface area contributed by atoms with Crippen LogP contribution >= 0.6 is 0 Å². The first-order valence-electron chi connectivity index (χ1n) is 5.79. The molecule has 0 fully saturated rings. The second-order valence-electron chi connectivity index (χ2n) is 4.22. The Balaban J connectivity index is 2.40. The molecular formula is C13H22N2O. The van der Waals surface area contributed by atoms with E-state index >= 15 is 0 Å². The highest BCUT2D eigenvalue weighted by Crippen LogP contribution is 2.20. The summed E-state index contributed by atoms with van der Waals surface area (Å²) in [6.07, 6.45) is 2.00. The fraction of sp³-hybridized carbons (Fsp3) is 0.538. The molecule has 0 radical (unpaired) electrons. The van der Waals surface area contributed by atoms with E-state index in [4.69, 9.17) is 10.5 Å². The van der Waals surface area contributed by atoms with Gasteiger partial charge in [0.05, 0.1) is 6.61 Å². The largest absolute Gasteiger partial charge is 0.493 e. The van der Waals surface area contributed by atoms with Gasteiger partial charge in [0.1, 0.15) is 5.75 Å². The zero-order chi connectivity index (χ0) is 12.0. The van der Waals surface area contributed by atoms with Crippen molar-refractivity contribution in [2.24, 2.45) is 0 Å². The summed E-state index contributed by atoms with van der Waals surface area (Å²) in [6.45, 7) is 3.88. The third kappa shape index (κ3) is 4.11. The van der Waals surface area contributed by atoms with Crippen molar-refractivity contribution in [3.05, 3.63) is 23.8 Å². The van der Waals surface area contributed by atoms with Crippen LogP contribution < -0.4 is 10.5 Å². The Hall–Kier alpha value is -1.22. The van der Waals surface area contributed by atoms with Crippen LogP contribution in [-0.4, -0.2) is 32.1 Å². The lowest BCUT2D eigenvalue weighted by Gasteiger charge is -2.11. The third-order valence-corrected chi connectivity index (χ3v) is 2.52. The summed E-state index contributed by atoms with van der Waals surface area (Å²) in [6, 6.07) is 5.94. The van der Waals surface area contributed by atoms with Gasteiger partial charge in [-0.3, -0.25) is 0 Å². The zero-order valence-corrected chi connectivity index (χ0v) is 10.5. The van der Waals surface area contributed by atoms with E-state index in [0.717, 1.165) is 37.4 Å². The van der Waals surface area contributed by atoms with E-state index in [9.17, 15) is 0 Å². The number of aryl methyl sites for hydroxylation is 1. The molecule has 3 nitrogen and oxygen atoms in total. The average molecular weight is 222 g/mol. The maximum absolute atomic E-state index is 5.90. The molecule has 0 aliphatic rings. The van der Waals surface area contributed by atoms with Gasteiger partial charge in [-0.2, -0.15) is 0 Å². The molecule has 0 spiro atoms. The molecule has 1 rings (SSSR count). The number of hydrogen-bond acceptors (Lipinski definition) is 3. The van der Waals surface area contributed by atoms with Gasteiger partial charge < -0.3 is 15.4 Å². The molecule has 0 heterocycles. The van der Waals surface area contributed by atoms with Crippen LogP contribution in [0.3, 0.4) is 0 Å². The number of nitrogens with zero attached hydrogens (tertiary/aromatic N) is 1. The highest BCUT2D eigenvalue weighted by molar-refractivity contribution is 5.51. The SMILES string of the molecule is CCc1ccc(OCCCN(C)C)cc1N. The Bertz CT molecular complexity index is 324. The van der Waals surface area contributed by atoms with Crippen molar-refractivity contribution in [3.63, 3.8) is 0 Å². The zero-order valence-electron chi connectivity index (χ0n) is 10.5. The van der Waals surface area contributed by atoms with Crippen molar-refractivity contribution in [2.45, 2.75) is 19.8 Å². The van der Waals surface area contributed by atoms with Gasteiger partial charge in [-0.1, -0.05) is 13.0 Å². The number of rotatable bonds is 6. The molecule has 0 saturated heterocycles. The van der Waals surface area contributed by atoms with Crippen LogP contribution in [0.4, 0.5) is 5.69 Å². The molecule has 1 aromatic carbocycles. The van der Waals surface area contributed by atoms with Crippen LogP contribution in [0, 0.1) is 0 Å². The Kier molecular flexibility index (Phi) is 5.12. The first kappa shape index (κ1) is 12.8. The van der Waals surface area contributed by atoms with Gasteiger partial charge in [-0.05, 0) is 38.6 Å². The summed E-state index contributed by atoms with van der Waals surface area (Å²) in [5.41, 5.74) is 7.90. The molecule has 0 atom stereocenters. The minimum absolute atomic E-state index is 0.739. The molecular weight excluding hydrogens is 200 g/mol. The van der Waals surface area contributed by atoms with Crippen molar-refractivity contribution in [1.82, 2.24) is 4.90 Å². The summed E-state index contributed by atoms with van der Waals surface area (Å²) in [5, 5.41) is 0. The Labute approximate surface area is 98.2 Å². The Morgan fingerprint density at radius 1 is 1.31 bits per heavy atom. The van der Waals surface area contributed by atoms with Gasteiger partial charge in [-0.25, -0.2) is 0 Å². The van der Waals surface area contributed by atoms with E-state index in [1.807, 2.05) is 18.2 Å². The molecule has 0 saturated carbocycles. The van der Waals surface area contributed by atoms with E-state index in [1.165, 1.54) is 5.56 Å². The van der Waals surface area contributed by atoms with Crippen LogP contribution in [0.15, 0.2) is 18.2 Å². The normalized spacial score (nSPS) is 10.8. The van der Waals surface area contributed by atoms with Crippen LogP contribution in [0.1, 0.15) is 18.9 Å². The molecule has 3 heteroatoms. The number of ether oxygens (including phenoxy) is 1. The second kappa shape index (κ2) is 6.38. The standard InChI is InChI=1S/C13H22N2O/c1-4-11-6-7-12(10-13(11)14)16-9-5-8-15(2)3/h6-7,10H,4-5,8-9,14H2,1-3H3. The second-order valence-corrected chi connectivity index (χ2v) is 4.22. The summed E-state index contributed by atoms with van der Waals surface area (Å²) >= 11 is 0. The molecule has 1 aromatic rings. The predicted molar refractivity (Wildman–Crippen MR) is 68.9 cm³/mol. The van der Waals surface area contributed by atoms with Gasteiger partial charge >= 0.3 is 0 Å². The molecule has 16 heavy (non-hydrogen) atoms. The van der Waals surface area contributed by atoms with Crippen LogP contribution in [-0.2, 0) is 6.42 Å². The Morgan fingerprint density at radius 3 is 2.62 bits per heavy atom. The number of benzene rings is 1. The number of nitrogen functional groups attached to an aromatic ring is 1. The lowest BCUT2D eigenvalue weighted by atomic mass is 10.1. The lowest BCUT2D eigenvalue weighted by Crippen LogP contribution is -2.15. The molecule has 0 aliphatic carbocycles. The van der Waals surface area contributed by atoms with Crippen molar-refractivity contribution >= 4 is 5.69 Å². The molecule has 0 amide bonds. The fourth-order valence-corrected chi connectivity index (χ4v) is 1.56. The lowest BCUT2D eigenvalue weighted by molar-refractivity contribution is 0.281. The van der Waals surface area contributed by atoms with Crippen molar-refractivity contribution in [2.75, 3.05) is 33.0 Å². The van der Waals surface area contributed by atoms with Gasteiger partial charge in [-0.15, -0.1) is 0 Å². The van der Waals surface area contributed by atoms with Crippen LogP contribution in [0.5, 0.6) is 5.75 Å². The topological polar surface area (TPSA) is 38.5 Å². The summed E-state index contributed by atoms with van der Waals surface area (Å²) in [5.74, 6) is 0.869. The van der Waals surface area contributed by atoms with Crippen molar-refractivity contribution < 1.29 is 4.74 Å². The molecule has 90 valence electrons. The quantitative estimate of drug-likeness (QED) is 0.592. The molecule has 0 aliphatic heterocycles. The first-order valence-corrected chi connectivity index (χ1v) is 5.79. The number of anilines is 1. The smallest absolute Gasteiger partial charge is 0.121 e. The molecule has 0 bridgehead atoms. The highest BCUT2D eigenvalue weighted by Gasteiger charge is 2.00. The van der Waals surface area contributed by atoms with E-state index < -0.39 is 0 Å². The molecule has 2 N–H and O–H groups in total. The fourth-order valence-electron chi connectivity index (χ4n) is 1.56. The monoisotopic (exact) mass is 222 g/mol. The van der Waals surface area contributed by atoms with Gasteiger partial charge in [0.15, 0.2) is 0 Å². The molecule has 0 aromatic heterocycles.